The number of para-hydroxylation sites is 1. The van der Waals surface area contributed by atoms with Crippen molar-refractivity contribution in [2.45, 2.75) is 18.0 Å². The van der Waals surface area contributed by atoms with Crippen molar-refractivity contribution in [3.05, 3.63) is 94.5 Å². The van der Waals surface area contributed by atoms with Crippen LogP contribution >= 0.6 is 15.9 Å². The Labute approximate surface area is 162 Å². The van der Waals surface area contributed by atoms with Gasteiger partial charge in [0.1, 0.15) is 12.4 Å². The molecule has 134 valence electrons. The third-order valence-electron chi connectivity index (χ3n) is 3.83. The van der Waals surface area contributed by atoms with E-state index in [1.165, 1.54) is 0 Å². The summed E-state index contributed by atoms with van der Waals surface area (Å²) in [6.45, 7) is 0.564. The fraction of sp³-hybridized carbons (Fsp3) is 0.100. The maximum Gasteiger partial charge on any atom is 0.241 e. The van der Waals surface area contributed by atoms with Crippen LogP contribution in [0.1, 0.15) is 11.1 Å². The van der Waals surface area contributed by atoms with Crippen LogP contribution in [0.25, 0.3) is 0 Å². The molecular weight excluding hydrogens is 414 g/mol. The summed E-state index contributed by atoms with van der Waals surface area (Å²) in [6.07, 6.45) is 0. The molecule has 0 bridgehead atoms. The van der Waals surface area contributed by atoms with Crippen LogP contribution in [-0.4, -0.2) is 8.42 Å². The predicted molar refractivity (Wildman–Crippen MR) is 105 cm³/mol. The Hall–Kier alpha value is -2.15. The Morgan fingerprint density at radius 2 is 1.42 bits per heavy atom. The van der Waals surface area contributed by atoms with Gasteiger partial charge in [-0.1, -0.05) is 54.6 Å². The van der Waals surface area contributed by atoms with E-state index in [0.29, 0.717) is 11.1 Å². The average Bonchev–Trinajstić information content (AvgIpc) is 2.66. The molecule has 0 aliphatic heterocycles. The Morgan fingerprint density at radius 1 is 0.808 bits per heavy atom. The van der Waals surface area contributed by atoms with E-state index in [2.05, 4.69) is 20.7 Å². The highest BCUT2D eigenvalue weighted by molar-refractivity contribution is 9.10. The number of halogens is 1. The van der Waals surface area contributed by atoms with Crippen molar-refractivity contribution < 1.29 is 13.2 Å². The van der Waals surface area contributed by atoms with Crippen LogP contribution in [0, 0.1) is 0 Å². The summed E-state index contributed by atoms with van der Waals surface area (Å²) in [7, 11) is -3.61. The maximum atomic E-state index is 12.5. The minimum absolute atomic E-state index is 0.192. The zero-order chi connectivity index (χ0) is 18.4. The van der Waals surface area contributed by atoms with E-state index in [0.717, 1.165) is 16.9 Å². The van der Waals surface area contributed by atoms with Crippen molar-refractivity contribution in [1.29, 1.82) is 0 Å². The lowest BCUT2D eigenvalue weighted by atomic mass is 10.1. The molecule has 0 aliphatic carbocycles. The van der Waals surface area contributed by atoms with Gasteiger partial charge in [-0.15, -0.1) is 0 Å². The zero-order valence-corrected chi connectivity index (χ0v) is 16.3. The number of sulfonamides is 1. The molecule has 6 heteroatoms. The SMILES string of the molecule is O=S(=O)(NCc1ccccc1COc1ccccc1)c1ccccc1Br. The number of nitrogens with one attached hydrogen (secondary N) is 1. The van der Waals surface area contributed by atoms with E-state index >= 15 is 0 Å². The summed E-state index contributed by atoms with van der Waals surface area (Å²) in [5, 5.41) is 0. The largest absolute Gasteiger partial charge is 0.489 e. The molecule has 0 spiro atoms. The molecule has 1 N–H and O–H groups in total. The highest BCUT2D eigenvalue weighted by Gasteiger charge is 2.17. The first-order valence-electron chi connectivity index (χ1n) is 8.05. The molecule has 0 atom stereocenters. The van der Waals surface area contributed by atoms with Crippen LogP contribution in [-0.2, 0) is 23.2 Å². The van der Waals surface area contributed by atoms with Gasteiger partial charge in [-0.25, -0.2) is 13.1 Å². The van der Waals surface area contributed by atoms with Crippen molar-refractivity contribution in [2.75, 3.05) is 0 Å². The van der Waals surface area contributed by atoms with Gasteiger partial charge in [0, 0.05) is 11.0 Å². The molecule has 0 saturated heterocycles. The van der Waals surface area contributed by atoms with Crippen LogP contribution in [0.4, 0.5) is 0 Å². The predicted octanol–water partition coefficient (Wildman–Crippen LogP) is 4.51. The van der Waals surface area contributed by atoms with Gasteiger partial charge in [-0.2, -0.15) is 0 Å². The van der Waals surface area contributed by atoms with Crippen molar-refractivity contribution in [3.8, 4) is 5.75 Å². The normalized spacial score (nSPS) is 11.3. The summed E-state index contributed by atoms with van der Waals surface area (Å²) >= 11 is 3.28. The highest BCUT2D eigenvalue weighted by Crippen LogP contribution is 2.21. The summed E-state index contributed by atoms with van der Waals surface area (Å²) in [4.78, 5) is 0.220. The number of hydrogen-bond acceptors (Lipinski definition) is 3. The topological polar surface area (TPSA) is 55.4 Å². The molecule has 3 aromatic carbocycles. The van der Waals surface area contributed by atoms with Crippen LogP contribution in [0.2, 0.25) is 0 Å². The second kappa shape index (κ2) is 8.49. The molecule has 3 rings (SSSR count). The zero-order valence-electron chi connectivity index (χ0n) is 13.9. The molecule has 0 fully saturated rings. The molecule has 26 heavy (non-hydrogen) atoms. The van der Waals surface area contributed by atoms with Gasteiger partial charge in [0.2, 0.25) is 10.0 Å². The van der Waals surface area contributed by atoms with Crippen LogP contribution in [0.3, 0.4) is 0 Å². The van der Waals surface area contributed by atoms with Crippen LogP contribution < -0.4 is 9.46 Å². The Kier molecular flexibility index (Phi) is 6.08. The lowest BCUT2D eigenvalue weighted by Gasteiger charge is -2.13. The lowest BCUT2D eigenvalue weighted by molar-refractivity contribution is 0.305. The summed E-state index contributed by atoms with van der Waals surface area (Å²) < 4.78 is 34.1. The molecule has 0 radical (unpaired) electrons. The van der Waals surface area contributed by atoms with Gasteiger partial charge in [0.15, 0.2) is 0 Å². The molecular formula is C20H18BrNO3S. The van der Waals surface area contributed by atoms with Gasteiger partial charge in [-0.05, 0) is 51.3 Å². The highest BCUT2D eigenvalue weighted by atomic mass is 79.9. The average molecular weight is 432 g/mol. The standard InChI is InChI=1S/C20H18BrNO3S/c21-19-12-6-7-13-20(19)26(23,24)22-14-16-8-4-5-9-17(16)15-25-18-10-2-1-3-11-18/h1-13,22H,14-15H2. The quantitative estimate of drug-likeness (QED) is 0.598. The molecule has 0 unspecified atom stereocenters. The van der Waals surface area contributed by atoms with E-state index in [9.17, 15) is 8.42 Å². The van der Waals surface area contributed by atoms with Crippen molar-refractivity contribution >= 4 is 26.0 Å². The van der Waals surface area contributed by atoms with Gasteiger partial charge in [-0.3, -0.25) is 0 Å². The fourth-order valence-electron chi connectivity index (χ4n) is 2.46. The first kappa shape index (κ1) is 18.6. The van der Waals surface area contributed by atoms with Gasteiger partial charge in [0.25, 0.3) is 0 Å². The number of rotatable bonds is 7. The Bertz CT molecular complexity index is 975. The second-order valence-electron chi connectivity index (χ2n) is 5.63. The van der Waals surface area contributed by atoms with E-state index in [1.807, 2.05) is 54.6 Å². The minimum Gasteiger partial charge on any atom is -0.489 e. The Morgan fingerprint density at radius 3 is 2.15 bits per heavy atom. The number of ether oxygens (including phenoxy) is 1. The number of hydrogen-bond donors (Lipinski definition) is 1. The molecule has 0 saturated carbocycles. The van der Waals surface area contributed by atoms with E-state index in [1.54, 1.807) is 24.3 Å². The second-order valence-corrected chi connectivity index (χ2v) is 8.22. The van der Waals surface area contributed by atoms with Crippen molar-refractivity contribution in [1.82, 2.24) is 4.72 Å². The van der Waals surface area contributed by atoms with E-state index in [-0.39, 0.29) is 11.4 Å². The summed E-state index contributed by atoms with van der Waals surface area (Å²) in [6, 6.07) is 23.9. The van der Waals surface area contributed by atoms with Crippen LogP contribution in [0.5, 0.6) is 5.75 Å². The Balaban J connectivity index is 1.71. The first-order valence-corrected chi connectivity index (χ1v) is 10.3. The third kappa shape index (κ3) is 4.72. The fourth-order valence-corrected chi connectivity index (χ4v) is 4.47. The van der Waals surface area contributed by atoms with Gasteiger partial charge in [0.05, 0.1) is 4.90 Å². The minimum atomic E-state index is -3.61. The van der Waals surface area contributed by atoms with E-state index in [4.69, 9.17) is 4.74 Å². The molecule has 0 heterocycles. The molecule has 0 aliphatic rings. The van der Waals surface area contributed by atoms with E-state index < -0.39 is 10.0 Å². The summed E-state index contributed by atoms with van der Waals surface area (Å²) in [5.74, 6) is 0.774. The molecule has 0 aromatic heterocycles. The van der Waals surface area contributed by atoms with Gasteiger partial charge < -0.3 is 4.74 Å². The first-order chi connectivity index (χ1) is 12.6. The molecule has 0 amide bonds. The maximum absolute atomic E-state index is 12.5. The molecule has 4 nitrogen and oxygen atoms in total. The van der Waals surface area contributed by atoms with Gasteiger partial charge >= 0.3 is 0 Å². The van der Waals surface area contributed by atoms with Crippen LogP contribution in [0.15, 0.2) is 88.2 Å². The smallest absolute Gasteiger partial charge is 0.241 e. The monoisotopic (exact) mass is 431 g/mol. The summed E-state index contributed by atoms with van der Waals surface area (Å²) in [5.41, 5.74) is 1.81. The lowest BCUT2D eigenvalue weighted by Crippen LogP contribution is -2.24. The number of benzene rings is 3. The third-order valence-corrected chi connectivity index (χ3v) is 6.25. The van der Waals surface area contributed by atoms with Crippen molar-refractivity contribution in [3.63, 3.8) is 0 Å². The molecule has 3 aromatic rings. The van der Waals surface area contributed by atoms with Crippen molar-refractivity contribution in [2.24, 2.45) is 0 Å².